The lowest BCUT2D eigenvalue weighted by atomic mass is 9.99. The summed E-state index contributed by atoms with van der Waals surface area (Å²) in [4.78, 5) is 40.0. The molecular weight excluding hydrogens is 604 g/mol. The normalized spacial score (nSPS) is 12.0. The molecule has 0 aliphatic carbocycles. The third kappa shape index (κ3) is 10.1. The molecule has 0 aliphatic heterocycles. The van der Waals surface area contributed by atoms with Gasteiger partial charge in [-0.1, -0.05) is 30.3 Å². The highest BCUT2D eigenvalue weighted by atomic mass is 16.6. The average molecular weight is 654 g/mol. The number of aryl methyl sites for hydroxylation is 2. The highest BCUT2D eigenvalue weighted by Gasteiger charge is 2.19. The standard InChI is InChI=1S/C38H48N6O4/c1-37(2,3)47-35(45)39-19-9-7-11-33-41-24-32(44-33)29-16-15-25-21-26(13-14-27(25)22-29)28-17-18-30-31(23-28)43-34(42-30)12-8-10-20-40-36(46)48-38(4,5)6/h13-18,21-24H,7-12,19-20H2,1-6H3,(H,39,45)(H,40,46)(H,41,44)(H,42,43)/p+1. The number of rotatable bonds is 12. The van der Waals surface area contributed by atoms with E-state index in [4.69, 9.17) is 14.5 Å². The van der Waals surface area contributed by atoms with Crippen LogP contribution in [0.5, 0.6) is 0 Å². The molecule has 2 heterocycles. The van der Waals surface area contributed by atoms with Gasteiger partial charge in [-0.15, -0.1) is 0 Å². The van der Waals surface area contributed by atoms with Gasteiger partial charge < -0.3 is 24.8 Å². The fraction of sp³-hybridized carbons (Fsp3) is 0.421. The molecule has 0 fully saturated rings. The number of nitrogens with zero attached hydrogens (tertiary/aromatic N) is 2. The predicted molar refractivity (Wildman–Crippen MR) is 190 cm³/mol. The number of nitrogens with one attached hydrogen (secondary N) is 3. The molecule has 5 rings (SSSR count). The summed E-state index contributed by atoms with van der Waals surface area (Å²) in [6.45, 7) is 12.5. The number of amides is 2. The van der Waals surface area contributed by atoms with Crippen LogP contribution in [0.3, 0.4) is 0 Å². The Balaban J connectivity index is 1.13. The Hall–Kier alpha value is -4.70. The Morgan fingerprint density at radius 3 is 2.15 bits per heavy atom. The maximum atomic E-state index is 11.9. The quantitative estimate of drug-likeness (QED) is 0.103. The molecule has 0 saturated heterocycles. The minimum Gasteiger partial charge on any atom is -0.444 e. The number of unbranched alkanes of at least 4 members (excludes halogenated alkanes) is 2. The number of alkyl carbamates (subject to hydrolysis) is 1. The highest BCUT2D eigenvalue weighted by Crippen LogP contribution is 2.29. The van der Waals surface area contributed by atoms with Gasteiger partial charge in [0.05, 0.1) is 29.5 Å². The van der Waals surface area contributed by atoms with Gasteiger partial charge in [-0.25, -0.2) is 20.1 Å². The average Bonchev–Trinajstić information content (AvgIpc) is 3.65. The van der Waals surface area contributed by atoms with E-state index in [1.54, 1.807) is 5.32 Å². The smallest absolute Gasteiger partial charge is 0.444 e. The number of carbonyl (C=O) groups excluding carboxylic acids is 2. The molecule has 10 heteroatoms. The minimum absolute atomic E-state index is 0.255. The van der Waals surface area contributed by atoms with E-state index < -0.39 is 11.2 Å². The van der Waals surface area contributed by atoms with Crippen molar-refractivity contribution in [2.75, 3.05) is 13.1 Å². The van der Waals surface area contributed by atoms with Gasteiger partial charge in [-0.3, -0.25) is 0 Å². The fourth-order valence-corrected chi connectivity index (χ4v) is 5.51. The van der Waals surface area contributed by atoms with E-state index in [1.165, 1.54) is 5.39 Å². The Kier molecular flexibility index (Phi) is 10.8. The Morgan fingerprint density at radius 2 is 1.40 bits per heavy atom. The van der Waals surface area contributed by atoms with Crippen molar-refractivity contribution in [3.05, 3.63) is 72.4 Å². The molecule has 0 spiro atoms. The van der Waals surface area contributed by atoms with Gasteiger partial charge in [0.25, 0.3) is 0 Å². The monoisotopic (exact) mass is 653 g/mol. The number of H-pyrrole nitrogens is 2. The second kappa shape index (κ2) is 15.0. The first-order valence-corrected chi connectivity index (χ1v) is 16.9. The Labute approximate surface area is 282 Å². The minimum atomic E-state index is -0.492. The van der Waals surface area contributed by atoms with Crippen molar-refractivity contribution in [1.29, 1.82) is 0 Å². The van der Waals surface area contributed by atoms with Crippen molar-refractivity contribution >= 4 is 34.0 Å². The van der Waals surface area contributed by atoms with Crippen LogP contribution in [0, 0.1) is 0 Å². The highest BCUT2D eigenvalue weighted by molar-refractivity contribution is 5.91. The molecule has 0 radical (unpaired) electrons. The predicted octanol–water partition coefficient (Wildman–Crippen LogP) is 7.44. The number of imidazole rings is 2. The third-order valence-electron chi connectivity index (χ3n) is 7.74. The Bertz CT molecular complexity index is 1860. The van der Waals surface area contributed by atoms with Crippen LogP contribution in [0.2, 0.25) is 0 Å². The summed E-state index contributed by atoms with van der Waals surface area (Å²) in [7, 11) is 0. The molecule has 3 aromatic carbocycles. The second-order valence-electron chi connectivity index (χ2n) is 14.3. The van der Waals surface area contributed by atoms with Gasteiger partial charge in [0.1, 0.15) is 22.9 Å². The van der Waals surface area contributed by atoms with Crippen LogP contribution >= 0.6 is 0 Å². The molecule has 5 N–H and O–H groups in total. The molecule has 0 aliphatic rings. The summed E-state index contributed by atoms with van der Waals surface area (Å²) >= 11 is 0. The molecule has 254 valence electrons. The van der Waals surface area contributed by atoms with Crippen molar-refractivity contribution in [2.45, 2.75) is 91.3 Å². The largest absolute Gasteiger partial charge is 0.513 e. The van der Waals surface area contributed by atoms with Crippen LogP contribution in [0.25, 0.3) is 44.2 Å². The first-order valence-electron chi connectivity index (χ1n) is 16.9. The number of carbonyl (C=O) groups is 2. The molecule has 2 amide bonds. The third-order valence-corrected chi connectivity index (χ3v) is 7.74. The van der Waals surface area contributed by atoms with E-state index >= 15 is 0 Å². The van der Waals surface area contributed by atoms with Gasteiger partial charge in [-0.2, -0.15) is 4.79 Å². The van der Waals surface area contributed by atoms with Crippen molar-refractivity contribution < 1.29 is 24.4 Å². The van der Waals surface area contributed by atoms with Gasteiger partial charge in [0.2, 0.25) is 0 Å². The summed E-state index contributed by atoms with van der Waals surface area (Å²) < 4.78 is 10.6. The lowest BCUT2D eigenvalue weighted by molar-refractivity contribution is -0.573. The van der Waals surface area contributed by atoms with Crippen LogP contribution in [0.4, 0.5) is 9.59 Å². The maximum absolute atomic E-state index is 11.9. The lowest BCUT2D eigenvalue weighted by Crippen LogP contribution is -2.88. The molecule has 10 nitrogen and oxygen atoms in total. The van der Waals surface area contributed by atoms with Crippen molar-refractivity contribution in [3.63, 3.8) is 0 Å². The number of ether oxygens (including phenoxy) is 2. The zero-order valence-electron chi connectivity index (χ0n) is 29.0. The molecule has 0 unspecified atom stereocenters. The number of primary amides is 1. The molecular formula is C38H49N6O4+. The van der Waals surface area contributed by atoms with Gasteiger partial charge in [0, 0.05) is 24.9 Å². The Morgan fingerprint density at radius 1 is 0.750 bits per heavy atom. The number of aromatic amines is 2. The van der Waals surface area contributed by atoms with Crippen LogP contribution in [0.15, 0.2) is 60.8 Å². The second-order valence-corrected chi connectivity index (χ2v) is 14.3. The molecule has 0 bridgehead atoms. The summed E-state index contributed by atoms with van der Waals surface area (Å²) in [6.07, 6.45) is 6.49. The van der Waals surface area contributed by atoms with Crippen LogP contribution in [-0.4, -0.2) is 56.4 Å². The van der Waals surface area contributed by atoms with Gasteiger partial charge in [0.15, 0.2) is 0 Å². The summed E-state index contributed by atoms with van der Waals surface area (Å²) in [6, 6.07) is 19.4. The lowest BCUT2D eigenvalue weighted by Gasteiger charge is -2.19. The van der Waals surface area contributed by atoms with E-state index in [1.807, 2.05) is 47.7 Å². The number of hydrogen-bond donors (Lipinski definition) is 4. The van der Waals surface area contributed by atoms with E-state index in [9.17, 15) is 9.59 Å². The maximum Gasteiger partial charge on any atom is 0.513 e. The molecule has 0 saturated carbocycles. The van der Waals surface area contributed by atoms with Crippen molar-refractivity contribution in [3.8, 4) is 22.4 Å². The SMILES string of the molecule is CC(C)(C)OC(=O)NCCCCc1nc2ccc(-c3ccc4cc(-c5cnc(CCCC[NH2+]C(=O)OC(C)(C)C)[nH]5)ccc4c3)cc2[nH]1. The number of fused-ring (bicyclic) bond motifs is 2. The van der Waals surface area contributed by atoms with Gasteiger partial charge in [-0.05, 0) is 113 Å². The molecule has 5 aromatic rings. The topological polar surface area (TPSA) is 139 Å². The van der Waals surface area contributed by atoms with Gasteiger partial charge >= 0.3 is 12.2 Å². The number of benzene rings is 3. The van der Waals surface area contributed by atoms with E-state index in [0.29, 0.717) is 13.1 Å². The summed E-state index contributed by atoms with van der Waals surface area (Å²) in [5, 5.41) is 6.77. The van der Waals surface area contributed by atoms with E-state index in [2.05, 4.69) is 74.9 Å². The number of nitrogens with two attached hydrogens (primary N) is 1. The van der Waals surface area contributed by atoms with Crippen molar-refractivity contribution in [2.24, 2.45) is 0 Å². The zero-order chi connectivity index (χ0) is 34.3. The van der Waals surface area contributed by atoms with Crippen LogP contribution in [0.1, 0.15) is 78.9 Å². The first-order chi connectivity index (χ1) is 22.8. The van der Waals surface area contributed by atoms with E-state index in [-0.39, 0.29) is 12.2 Å². The number of aromatic nitrogens is 4. The van der Waals surface area contributed by atoms with Crippen LogP contribution in [-0.2, 0) is 22.3 Å². The van der Waals surface area contributed by atoms with Crippen LogP contribution < -0.4 is 10.6 Å². The number of hydrogen-bond acceptors (Lipinski definition) is 6. The number of quaternary nitrogens is 1. The summed E-state index contributed by atoms with van der Waals surface area (Å²) in [5.74, 6) is 1.90. The fourth-order valence-electron chi connectivity index (χ4n) is 5.51. The first kappa shape index (κ1) is 34.6. The molecule has 2 aromatic heterocycles. The van der Waals surface area contributed by atoms with Crippen molar-refractivity contribution in [1.82, 2.24) is 25.3 Å². The summed E-state index contributed by atoms with van der Waals surface area (Å²) in [5.41, 5.74) is 5.38. The molecule has 48 heavy (non-hydrogen) atoms. The van der Waals surface area contributed by atoms with E-state index in [0.717, 1.165) is 89.0 Å². The molecule has 0 atom stereocenters. The zero-order valence-corrected chi connectivity index (χ0v) is 29.0.